The summed E-state index contributed by atoms with van der Waals surface area (Å²) >= 11 is 0. The number of carbonyl (C=O) groups is 1. The quantitative estimate of drug-likeness (QED) is 0.401. The number of carbonyl (C=O) groups excluding carboxylic acids is 1. The van der Waals surface area contributed by atoms with Crippen LogP contribution in [-0.2, 0) is 11.2 Å². The van der Waals surface area contributed by atoms with Crippen LogP contribution in [0.2, 0.25) is 0 Å². The molecule has 1 aliphatic carbocycles. The van der Waals surface area contributed by atoms with Gasteiger partial charge in [-0.15, -0.1) is 0 Å². The second kappa shape index (κ2) is 9.07. The Bertz CT molecular complexity index is 782. The Balaban J connectivity index is 1.73. The van der Waals surface area contributed by atoms with E-state index in [0.717, 1.165) is 55.9 Å². The van der Waals surface area contributed by atoms with E-state index >= 15 is 0 Å². The lowest BCUT2D eigenvalue weighted by molar-refractivity contribution is -0.111. The SMILES string of the molecule is CCCc1ccc(C(F)=C(F)c2ccc(C3CCC(C=O)CC3)cc2)cc1. The first-order chi connectivity index (χ1) is 13.1. The van der Waals surface area contributed by atoms with Crippen LogP contribution < -0.4 is 0 Å². The second-order valence-electron chi connectivity index (χ2n) is 7.44. The Kier molecular flexibility index (Phi) is 6.54. The van der Waals surface area contributed by atoms with Gasteiger partial charge in [0.15, 0.2) is 11.7 Å². The number of hydrogen-bond acceptors (Lipinski definition) is 1. The third kappa shape index (κ3) is 4.71. The number of halogens is 2. The molecule has 0 N–H and O–H groups in total. The molecule has 0 radical (unpaired) electrons. The summed E-state index contributed by atoms with van der Waals surface area (Å²) < 4.78 is 29.1. The Morgan fingerprint density at radius 1 is 0.889 bits per heavy atom. The normalized spacial score (nSPS) is 20.9. The molecular formula is C24H26F2O. The van der Waals surface area contributed by atoms with Crippen LogP contribution in [0.4, 0.5) is 8.78 Å². The minimum atomic E-state index is -0.825. The van der Waals surface area contributed by atoms with E-state index in [1.54, 1.807) is 24.3 Å². The van der Waals surface area contributed by atoms with Crippen LogP contribution in [0.5, 0.6) is 0 Å². The average molecular weight is 368 g/mol. The monoisotopic (exact) mass is 368 g/mol. The second-order valence-corrected chi connectivity index (χ2v) is 7.44. The van der Waals surface area contributed by atoms with Gasteiger partial charge in [0.2, 0.25) is 0 Å². The van der Waals surface area contributed by atoms with E-state index in [9.17, 15) is 13.6 Å². The molecule has 0 unspecified atom stereocenters. The summed E-state index contributed by atoms with van der Waals surface area (Å²) in [6.45, 7) is 2.09. The summed E-state index contributed by atoms with van der Waals surface area (Å²) in [6, 6.07) is 14.1. The molecule has 3 rings (SSSR count). The van der Waals surface area contributed by atoms with Gasteiger partial charge in [0, 0.05) is 17.0 Å². The summed E-state index contributed by atoms with van der Waals surface area (Å²) in [4.78, 5) is 10.9. The molecule has 1 aliphatic rings. The van der Waals surface area contributed by atoms with Crippen molar-refractivity contribution >= 4 is 17.9 Å². The summed E-state index contributed by atoms with van der Waals surface area (Å²) in [5, 5.41) is 0. The Labute approximate surface area is 160 Å². The molecule has 142 valence electrons. The molecule has 1 saturated carbocycles. The van der Waals surface area contributed by atoms with Crippen molar-refractivity contribution in [3.63, 3.8) is 0 Å². The highest BCUT2D eigenvalue weighted by Gasteiger charge is 2.22. The largest absolute Gasteiger partial charge is 0.303 e. The van der Waals surface area contributed by atoms with Crippen molar-refractivity contribution in [2.45, 2.75) is 51.4 Å². The molecule has 0 amide bonds. The van der Waals surface area contributed by atoms with Gasteiger partial charge < -0.3 is 4.79 Å². The van der Waals surface area contributed by atoms with Crippen LogP contribution in [0.3, 0.4) is 0 Å². The zero-order valence-electron chi connectivity index (χ0n) is 15.8. The minimum Gasteiger partial charge on any atom is -0.303 e. The summed E-state index contributed by atoms with van der Waals surface area (Å²) in [5.74, 6) is -1.07. The lowest BCUT2D eigenvalue weighted by Crippen LogP contribution is -2.14. The summed E-state index contributed by atoms with van der Waals surface area (Å²) in [6.07, 6.45) is 6.77. The molecule has 3 heteroatoms. The first-order valence-electron chi connectivity index (χ1n) is 9.82. The van der Waals surface area contributed by atoms with E-state index in [-0.39, 0.29) is 17.0 Å². The molecule has 0 aliphatic heterocycles. The first kappa shape index (κ1) is 19.5. The molecule has 0 aromatic heterocycles. The molecule has 0 spiro atoms. The molecule has 27 heavy (non-hydrogen) atoms. The van der Waals surface area contributed by atoms with Gasteiger partial charge >= 0.3 is 0 Å². The van der Waals surface area contributed by atoms with Crippen molar-refractivity contribution in [1.29, 1.82) is 0 Å². The number of aldehydes is 1. The lowest BCUT2D eigenvalue weighted by Gasteiger charge is -2.25. The van der Waals surface area contributed by atoms with Gasteiger partial charge in [-0.1, -0.05) is 61.9 Å². The Morgan fingerprint density at radius 2 is 1.41 bits per heavy atom. The van der Waals surface area contributed by atoms with Crippen LogP contribution in [0.1, 0.15) is 67.2 Å². The lowest BCUT2D eigenvalue weighted by atomic mass is 9.79. The summed E-state index contributed by atoms with van der Waals surface area (Å²) in [5.41, 5.74) is 2.79. The number of rotatable bonds is 6. The van der Waals surface area contributed by atoms with Crippen LogP contribution in [0, 0.1) is 5.92 Å². The maximum Gasteiger partial charge on any atom is 0.166 e. The van der Waals surface area contributed by atoms with Crippen molar-refractivity contribution in [1.82, 2.24) is 0 Å². The topological polar surface area (TPSA) is 17.1 Å². The number of benzene rings is 2. The van der Waals surface area contributed by atoms with Gasteiger partial charge in [-0.3, -0.25) is 0 Å². The predicted molar refractivity (Wildman–Crippen MR) is 107 cm³/mol. The van der Waals surface area contributed by atoms with Crippen molar-refractivity contribution in [3.05, 3.63) is 70.8 Å². The van der Waals surface area contributed by atoms with Crippen LogP contribution in [0.25, 0.3) is 11.7 Å². The van der Waals surface area contributed by atoms with Crippen molar-refractivity contribution in [2.75, 3.05) is 0 Å². The van der Waals surface area contributed by atoms with Gasteiger partial charge in [-0.05, 0) is 49.1 Å². The fourth-order valence-electron chi connectivity index (χ4n) is 3.85. The van der Waals surface area contributed by atoms with Crippen molar-refractivity contribution in [3.8, 4) is 0 Å². The third-order valence-corrected chi connectivity index (χ3v) is 5.54. The summed E-state index contributed by atoms with van der Waals surface area (Å²) in [7, 11) is 0. The molecule has 0 bridgehead atoms. The van der Waals surface area contributed by atoms with E-state index in [2.05, 4.69) is 6.92 Å². The van der Waals surface area contributed by atoms with Crippen LogP contribution >= 0.6 is 0 Å². The smallest absolute Gasteiger partial charge is 0.166 e. The zero-order chi connectivity index (χ0) is 19.2. The van der Waals surface area contributed by atoms with E-state index in [1.807, 2.05) is 24.3 Å². The standard InChI is InChI=1S/C24H26F2O/c1-2-3-17-4-10-21(11-5-17)23(25)24(26)22-14-12-20(13-15-22)19-8-6-18(16-27)7-9-19/h4-5,10-16,18-19H,2-3,6-9H2,1H3. The molecule has 1 nitrogen and oxygen atoms in total. The highest BCUT2D eigenvalue weighted by atomic mass is 19.2. The van der Waals surface area contributed by atoms with Gasteiger partial charge in [-0.2, -0.15) is 0 Å². The minimum absolute atomic E-state index is 0.179. The van der Waals surface area contributed by atoms with Gasteiger partial charge in [0.05, 0.1) is 0 Å². The molecular weight excluding hydrogens is 342 g/mol. The van der Waals surface area contributed by atoms with E-state index in [4.69, 9.17) is 0 Å². The predicted octanol–water partition coefficient (Wildman–Crippen LogP) is 6.88. The van der Waals surface area contributed by atoms with Crippen LogP contribution in [-0.4, -0.2) is 6.29 Å². The van der Waals surface area contributed by atoms with Gasteiger partial charge in [-0.25, -0.2) is 8.78 Å². The van der Waals surface area contributed by atoms with E-state index < -0.39 is 11.7 Å². The highest BCUT2D eigenvalue weighted by molar-refractivity contribution is 5.83. The average Bonchev–Trinajstić information content (AvgIpc) is 2.74. The molecule has 0 atom stereocenters. The molecule has 1 fully saturated rings. The first-order valence-corrected chi connectivity index (χ1v) is 9.82. The van der Waals surface area contributed by atoms with Crippen molar-refractivity contribution in [2.24, 2.45) is 5.92 Å². The molecule has 0 heterocycles. The molecule has 2 aromatic carbocycles. The number of hydrogen-bond donors (Lipinski definition) is 0. The van der Waals surface area contributed by atoms with Crippen LogP contribution in [0.15, 0.2) is 48.5 Å². The highest BCUT2D eigenvalue weighted by Crippen LogP contribution is 2.36. The van der Waals surface area contributed by atoms with Gasteiger partial charge in [0.25, 0.3) is 0 Å². The fraction of sp³-hybridized carbons (Fsp3) is 0.375. The van der Waals surface area contributed by atoms with Gasteiger partial charge in [0.1, 0.15) is 6.29 Å². The Hall–Kier alpha value is -2.29. The van der Waals surface area contributed by atoms with E-state index in [0.29, 0.717) is 5.92 Å². The maximum absolute atomic E-state index is 14.6. The molecule has 2 aromatic rings. The maximum atomic E-state index is 14.6. The van der Waals surface area contributed by atoms with E-state index in [1.165, 1.54) is 0 Å². The number of aryl methyl sites for hydroxylation is 1. The Morgan fingerprint density at radius 3 is 1.89 bits per heavy atom. The third-order valence-electron chi connectivity index (χ3n) is 5.54. The zero-order valence-corrected chi connectivity index (χ0v) is 15.8. The molecule has 0 saturated heterocycles. The fourth-order valence-corrected chi connectivity index (χ4v) is 3.85. The van der Waals surface area contributed by atoms with Crippen molar-refractivity contribution < 1.29 is 13.6 Å².